The maximum absolute atomic E-state index is 14.4. The lowest BCUT2D eigenvalue weighted by Crippen LogP contribution is -2.05. The van der Waals surface area contributed by atoms with Gasteiger partial charge in [-0.1, -0.05) is 24.1 Å². The van der Waals surface area contributed by atoms with Crippen LogP contribution < -0.4 is 10.0 Å². The minimum atomic E-state index is -0.628. The number of benzene rings is 2. The van der Waals surface area contributed by atoms with Crippen LogP contribution in [0.1, 0.15) is 23.0 Å². The molecule has 0 aliphatic carbocycles. The van der Waals surface area contributed by atoms with Gasteiger partial charge in [-0.3, -0.25) is 4.79 Å². The molecule has 178 valence electrons. The van der Waals surface area contributed by atoms with Gasteiger partial charge >= 0.3 is 0 Å². The fourth-order valence-electron chi connectivity index (χ4n) is 3.48. The third-order valence-electron chi connectivity index (χ3n) is 5.28. The molecule has 0 spiro atoms. The van der Waals surface area contributed by atoms with Gasteiger partial charge in [0, 0.05) is 55.9 Å². The molecule has 5 nitrogen and oxygen atoms in total. The Kier molecular flexibility index (Phi) is 10.1. The molecule has 8 heteroatoms. The Labute approximate surface area is 198 Å². The number of methoxy groups -OCH3 is 1. The van der Waals surface area contributed by atoms with Gasteiger partial charge < -0.3 is 19.3 Å². The summed E-state index contributed by atoms with van der Waals surface area (Å²) >= 11 is 1.58. The largest absolute Gasteiger partial charge is 0.385 e. The van der Waals surface area contributed by atoms with Gasteiger partial charge in [0.05, 0.1) is 17.6 Å². The number of ether oxygens (including phenoxy) is 1. The second-order valence-corrected chi connectivity index (χ2v) is 8.16. The van der Waals surface area contributed by atoms with Crippen molar-refractivity contribution in [3.63, 3.8) is 0 Å². The molecule has 0 aliphatic rings. The van der Waals surface area contributed by atoms with Crippen molar-refractivity contribution in [2.75, 3.05) is 37.9 Å². The first-order chi connectivity index (χ1) is 15.8. The molecule has 2 aromatic carbocycles. The SMILES string of the molecule is CCOC.CSN(C)c1cccc(-c2c(C)n(C/C(F)=C/CN)c3cc(F)c(C=O)cc23)c1. The molecule has 0 aliphatic heterocycles. The minimum Gasteiger partial charge on any atom is -0.385 e. The summed E-state index contributed by atoms with van der Waals surface area (Å²) in [6, 6.07) is 10.8. The first-order valence-corrected chi connectivity index (χ1v) is 11.7. The Bertz CT molecular complexity index is 1130. The van der Waals surface area contributed by atoms with E-state index in [2.05, 4.69) is 4.74 Å². The second kappa shape index (κ2) is 12.5. The first kappa shape index (κ1) is 26.6. The monoisotopic (exact) mass is 475 g/mol. The van der Waals surface area contributed by atoms with Gasteiger partial charge in [-0.25, -0.2) is 8.78 Å². The highest BCUT2D eigenvalue weighted by atomic mass is 32.2. The summed E-state index contributed by atoms with van der Waals surface area (Å²) in [5.74, 6) is -1.02. The molecule has 0 atom stereocenters. The number of anilines is 1. The number of halogens is 2. The molecule has 0 bridgehead atoms. The second-order valence-electron chi connectivity index (χ2n) is 7.25. The zero-order valence-corrected chi connectivity index (χ0v) is 20.5. The van der Waals surface area contributed by atoms with Crippen molar-refractivity contribution < 1.29 is 18.3 Å². The van der Waals surface area contributed by atoms with E-state index in [0.717, 1.165) is 29.1 Å². The van der Waals surface area contributed by atoms with Crippen LogP contribution in [0.4, 0.5) is 14.5 Å². The topological polar surface area (TPSA) is 60.5 Å². The molecular formula is C25H31F2N3O2S. The van der Waals surface area contributed by atoms with E-state index in [1.165, 1.54) is 18.2 Å². The molecule has 1 heterocycles. The van der Waals surface area contributed by atoms with Crippen LogP contribution in [0.5, 0.6) is 0 Å². The molecule has 0 radical (unpaired) electrons. The van der Waals surface area contributed by atoms with Crippen LogP contribution in [0.3, 0.4) is 0 Å². The number of hydrogen-bond donors (Lipinski definition) is 1. The molecule has 0 saturated carbocycles. The number of fused-ring (bicyclic) bond motifs is 1. The highest BCUT2D eigenvalue weighted by Crippen LogP contribution is 2.38. The van der Waals surface area contributed by atoms with Crippen LogP contribution in [-0.4, -0.2) is 44.4 Å². The maximum atomic E-state index is 14.4. The van der Waals surface area contributed by atoms with Crippen LogP contribution in [0.2, 0.25) is 0 Å². The summed E-state index contributed by atoms with van der Waals surface area (Å²) in [6.07, 6.45) is 3.78. The smallest absolute Gasteiger partial charge is 0.153 e. The lowest BCUT2D eigenvalue weighted by Gasteiger charge is -2.16. The number of carbonyl (C=O) groups excluding carboxylic acids is 1. The lowest BCUT2D eigenvalue weighted by atomic mass is 10.0. The maximum Gasteiger partial charge on any atom is 0.153 e. The van der Waals surface area contributed by atoms with E-state index in [-0.39, 0.29) is 18.7 Å². The average molecular weight is 476 g/mol. The number of hydrogen-bond acceptors (Lipinski definition) is 5. The third-order valence-corrected chi connectivity index (χ3v) is 6.04. The van der Waals surface area contributed by atoms with Gasteiger partial charge in [-0.05, 0) is 49.8 Å². The molecule has 3 aromatic rings. The van der Waals surface area contributed by atoms with Gasteiger partial charge in [-0.2, -0.15) is 0 Å². The van der Waals surface area contributed by atoms with Gasteiger partial charge in [0.2, 0.25) is 0 Å². The highest BCUT2D eigenvalue weighted by molar-refractivity contribution is 7.99. The molecule has 0 amide bonds. The van der Waals surface area contributed by atoms with E-state index < -0.39 is 11.6 Å². The van der Waals surface area contributed by atoms with Crippen molar-refractivity contribution in [2.24, 2.45) is 5.73 Å². The van der Waals surface area contributed by atoms with E-state index in [4.69, 9.17) is 5.73 Å². The highest BCUT2D eigenvalue weighted by Gasteiger charge is 2.19. The summed E-state index contributed by atoms with van der Waals surface area (Å²) in [4.78, 5) is 11.3. The van der Waals surface area contributed by atoms with Gasteiger partial charge in [-0.15, -0.1) is 0 Å². The van der Waals surface area contributed by atoms with E-state index in [1.807, 2.05) is 55.7 Å². The van der Waals surface area contributed by atoms with E-state index in [9.17, 15) is 13.6 Å². The Hall–Kier alpha value is -2.68. The van der Waals surface area contributed by atoms with Crippen molar-refractivity contribution in [3.8, 4) is 11.1 Å². The summed E-state index contributed by atoms with van der Waals surface area (Å²) in [7, 11) is 3.65. The Morgan fingerprint density at radius 1 is 1.30 bits per heavy atom. The number of rotatable bonds is 8. The average Bonchev–Trinajstić information content (AvgIpc) is 3.08. The Morgan fingerprint density at radius 2 is 2.00 bits per heavy atom. The number of nitrogens with two attached hydrogens (primary N) is 1. The molecule has 2 N–H and O–H groups in total. The Morgan fingerprint density at radius 3 is 2.58 bits per heavy atom. The standard InChI is InChI=1S/C22H23F2N3OS.C3H8O/c1-14-22(15-5-4-6-18(9-15)26(2)29-3)19-10-16(13-28)20(24)11-21(19)27(14)12-17(23)7-8-25;1-3-4-2/h4-7,9-11,13H,8,12,25H2,1-3H3;3H2,1-2H3/b17-7-;. The number of aromatic nitrogens is 1. The summed E-state index contributed by atoms with van der Waals surface area (Å²) in [5.41, 5.74) is 9.48. The molecule has 0 unspecified atom stereocenters. The fourth-order valence-corrected chi connectivity index (χ4v) is 3.80. The van der Waals surface area contributed by atoms with Crippen LogP contribution >= 0.6 is 11.9 Å². The lowest BCUT2D eigenvalue weighted by molar-refractivity contribution is 0.112. The Balaban J connectivity index is 0.000000890. The van der Waals surface area contributed by atoms with Gasteiger partial charge in [0.25, 0.3) is 0 Å². The molecule has 0 fully saturated rings. The predicted octanol–water partition coefficient (Wildman–Crippen LogP) is 5.75. The zero-order valence-electron chi connectivity index (χ0n) is 19.7. The van der Waals surface area contributed by atoms with Gasteiger partial charge in [0.15, 0.2) is 6.29 Å². The summed E-state index contributed by atoms with van der Waals surface area (Å²) in [5, 5.41) is 0.704. The quantitative estimate of drug-likeness (QED) is 0.332. The van der Waals surface area contributed by atoms with Crippen molar-refractivity contribution in [2.45, 2.75) is 20.4 Å². The number of aldehydes is 1. The van der Waals surface area contributed by atoms with Crippen LogP contribution in [0.15, 0.2) is 48.3 Å². The van der Waals surface area contributed by atoms with Crippen molar-refractivity contribution in [1.29, 1.82) is 0 Å². The number of carbonyl (C=O) groups is 1. The van der Waals surface area contributed by atoms with E-state index in [1.54, 1.807) is 23.6 Å². The predicted molar refractivity (Wildman–Crippen MR) is 135 cm³/mol. The zero-order chi connectivity index (χ0) is 24.5. The van der Waals surface area contributed by atoms with Crippen molar-refractivity contribution in [1.82, 2.24) is 4.57 Å². The number of allylic oxidation sites excluding steroid dienone is 1. The van der Waals surface area contributed by atoms with Crippen LogP contribution in [0.25, 0.3) is 22.0 Å². The van der Waals surface area contributed by atoms with E-state index >= 15 is 0 Å². The van der Waals surface area contributed by atoms with Crippen LogP contribution in [-0.2, 0) is 11.3 Å². The van der Waals surface area contributed by atoms with Crippen molar-refractivity contribution >= 4 is 34.8 Å². The fraction of sp³-hybridized carbons (Fsp3) is 0.320. The van der Waals surface area contributed by atoms with E-state index in [0.29, 0.717) is 17.2 Å². The van der Waals surface area contributed by atoms with Crippen LogP contribution in [0, 0.1) is 12.7 Å². The summed E-state index contributed by atoms with van der Waals surface area (Å²) in [6.45, 7) is 4.68. The molecular weight excluding hydrogens is 444 g/mol. The number of nitrogens with zero attached hydrogens (tertiary/aromatic N) is 2. The molecule has 33 heavy (non-hydrogen) atoms. The normalized spacial score (nSPS) is 11.3. The third kappa shape index (κ3) is 6.22. The first-order valence-electron chi connectivity index (χ1n) is 10.5. The molecule has 0 saturated heterocycles. The molecule has 3 rings (SSSR count). The van der Waals surface area contributed by atoms with Crippen molar-refractivity contribution in [3.05, 3.63) is 65.4 Å². The summed E-state index contributed by atoms with van der Waals surface area (Å²) < 4.78 is 36.9. The minimum absolute atomic E-state index is 0.0220. The van der Waals surface area contributed by atoms with Gasteiger partial charge in [0.1, 0.15) is 11.6 Å². The molecule has 1 aromatic heterocycles.